The van der Waals surface area contributed by atoms with E-state index in [1.165, 1.54) is 0 Å². The Balaban J connectivity index is 2.85. The highest BCUT2D eigenvalue weighted by molar-refractivity contribution is 9.10. The zero-order valence-corrected chi connectivity index (χ0v) is 9.52. The number of carboxylic acids is 1. The third-order valence-electron chi connectivity index (χ3n) is 1.71. The number of hydrogen-bond donors (Lipinski definition) is 1. The fourth-order valence-corrected chi connectivity index (χ4v) is 2.60. The van der Waals surface area contributed by atoms with Gasteiger partial charge < -0.3 is 5.11 Å². The smallest absolute Gasteiger partial charge is 0.357 e. The summed E-state index contributed by atoms with van der Waals surface area (Å²) in [4.78, 5) is 14.9. The monoisotopic (exact) mass is 272 g/mol. The molecule has 4 nitrogen and oxygen atoms in total. The van der Waals surface area contributed by atoms with Gasteiger partial charge in [0.2, 0.25) is 0 Å². The molecule has 0 saturated carbocycles. The van der Waals surface area contributed by atoms with Gasteiger partial charge in [-0.15, -0.1) is 0 Å². The zero-order chi connectivity index (χ0) is 10.3. The fourth-order valence-electron chi connectivity index (χ4n) is 1.14. The van der Waals surface area contributed by atoms with Gasteiger partial charge in [-0.2, -0.15) is 4.37 Å². The molecule has 2 aromatic heterocycles. The van der Waals surface area contributed by atoms with Crippen molar-refractivity contribution in [3.8, 4) is 0 Å². The highest BCUT2D eigenvalue weighted by Gasteiger charge is 2.16. The summed E-state index contributed by atoms with van der Waals surface area (Å²) < 4.78 is 5.46. The van der Waals surface area contributed by atoms with E-state index in [4.69, 9.17) is 5.11 Å². The highest BCUT2D eigenvalue weighted by atomic mass is 79.9. The van der Waals surface area contributed by atoms with Gasteiger partial charge in [-0.1, -0.05) is 0 Å². The lowest BCUT2D eigenvalue weighted by molar-refractivity contribution is 0.0694. The molecule has 0 amide bonds. The molecule has 2 rings (SSSR count). The molecule has 0 radical (unpaired) electrons. The first-order valence-corrected chi connectivity index (χ1v) is 5.32. The Bertz CT molecular complexity index is 523. The molecule has 14 heavy (non-hydrogen) atoms. The van der Waals surface area contributed by atoms with E-state index in [2.05, 4.69) is 25.3 Å². The fraction of sp³-hybridized carbons (Fsp3) is 0.125. The predicted molar refractivity (Wildman–Crippen MR) is 56.8 cm³/mol. The topological polar surface area (TPSA) is 63.1 Å². The lowest BCUT2D eigenvalue weighted by Gasteiger charge is -1.95. The van der Waals surface area contributed by atoms with Crippen molar-refractivity contribution in [1.29, 1.82) is 0 Å². The normalized spacial score (nSPS) is 10.7. The second kappa shape index (κ2) is 3.29. The van der Waals surface area contributed by atoms with E-state index in [9.17, 15) is 4.79 Å². The number of carboxylic acid groups (broad SMARTS) is 1. The molecule has 0 saturated heterocycles. The van der Waals surface area contributed by atoms with E-state index in [0.29, 0.717) is 5.52 Å². The predicted octanol–water partition coefficient (Wildman–Crippen LogP) is 2.46. The molecule has 1 N–H and O–H groups in total. The van der Waals surface area contributed by atoms with E-state index < -0.39 is 5.97 Å². The largest absolute Gasteiger partial charge is 0.476 e. The molecule has 0 spiro atoms. The molecule has 0 aromatic carbocycles. The number of halogens is 1. The third-order valence-corrected chi connectivity index (χ3v) is 3.47. The van der Waals surface area contributed by atoms with E-state index in [0.717, 1.165) is 26.4 Å². The summed E-state index contributed by atoms with van der Waals surface area (Å²) >= 11 is 4.48. The summed E-state index contributed by atoms with van der Waals surface area (Å²) in [5.41, 5.74) is 1.25. The molecular weight excluding hydrogens is 268 g/mol. The van der Waals surface area contributed by atoms with Gasteiger partial charge >= 0.3 is 5.97 Å². The van der Waals surface area contributed by atoms with Crippen LogP contribution in [0, 0.1) is 6.92 Å². The van der Waals surface area contributed by atoms with Gasteiger partial charge in [0.05, 0.1) is 4.70 Å². The molecule has 0 atom stereocenters. The number of aromatic carboxylic acids is 1. The Morgan fingerprint density at radius 3 is 3.00 bits per heavy atom. The van der Waals surface area contributed by atoms with Crippen LogP contribution in [0.5, 0.6) is 0 Å². The van der Waals surface area contributed by atoms with Crippen molar-refractivity contribution in [2.45, 2.75) is 6.92 Å². The molecular formula is C8H5BrN2O2S. The number of fused-ring (bicyclic) bond motifs is 1. The van der Waals surface area contributed by atoms with Gasteiger partial charge in [0.25, 0.3) is 0 Å². The van der Waals surface area contributed by atoms with Crippen molar-refractivity contribution in [3.63, 3.8) is 0 Å². The van der Waals surface area contributed by atoms with E-state index in [-0.39, 0.29) is 5.69 Å². The van der Waals surface area contributed by atoms with Crippen molar-refractivity contribution in [2.75, 3.05) is 0 Å². The Labute approximate surface area is 91.9 Å². The maximum absolute atomic E-state index is 10.8. The minimum Gasteiger partial charge on any atom is -0.476 e. The molecule has 72 valence electrons. The van der Waals surface area contributed by atoms with Crippen LogP contribution in [0.4, 0.5) is 0 Å². The van der Waals surface area contributed by atoms with Gasteiger partial charge in [0, 0.05) is 10.2 Å². The van der Waals surface area contributed by atoms with E-state index >= 15 is 0 Å². The van der Waals surface area contributed by atoms with Crippen LogP contribution in [0.25, 0.3) is 10.2 Å². The van der Waals surface area contributed by atoms with Crippen LogP contribution in [0.15, 0.2) is 10.5 Å². The van der Waals surface area contributed by atoms with Crippen LogP contribution in [-0.4, -0.2) is 20.4 Å². The summed E-state index contributed by atoms with van der Waals surface area (Å²) in [7, 11) is 0. The second-order valence-corrected chi connectivity index (χ2v) is 4.39. The maximum Gasteiger partial charge on any atom is 0.357 e. The first-order chi connectivity index (χ1) is 6.59. The van der Waals surface area contributed by atoms with E-state index in [1.807, 2.05) is 13.0 Å². The van der Waals surface area contributed by atoms with Gasteiger partial charge in [0.1, 0.15) is 5.52 Å². The van der Waals surface area contributed by atoms with Crippen LogP contribution in [0.1, 0.15) is 16.2 Å². The van der Waals surface area contributed by atoms with Gasteiger partial charge in [-0.25, -0.2) is 9.78 Å². The Morgan fingerprint density at radius 1 is 1.64 bits per heavy atom. The summed E-state index contributed by atoms with van der Waals surface area (Å²) in [6.45, 7) is 1.81. The number of aryl methyl sites for hydroxylation is 1. The SMILES string of the molecule is Cc1cc(Br)c2snc(C(=O)O)c2n1. The second-order valence-electron chi connectivity index (χ2n) is 2.76. The van der Waals surface area contributed by atoms with Crippen LogP contribution in [0.2, 0.25) is 0 Å². The molecule has 0 bridgehead atoms. The minimum atomic E-state index is -1.04. The number of pyridine rings is 1. The standard InChI is InChI=1S/C8H5BrN2O2S/c1-3-2-4(9)7-5(10-3)6(8(12)13)11-14-7/h2H,1H3,(H,12,13). The van der Waals surface area contributed by atoms with Crippen molar-refractivity contribution < 1.29 is 9.90 Å². The molecule has 2 heterocycles. The average molecular weight is 273 g/mol. The van der Waals surface area contributed by atoms with Gasteiger partial charge in [-0.3, -0.25) is 0 Å². The molecule has 0 aliphatic carbocycles. The van der Waals surface area contributed by atoms with Crippen molar-refractivity contribution in [1.82, 2.24) is 9.36 Å². The Hall–Kier alpha value is -1.01. The minimum absolute atomic E-state index is 0.0226. The summed E-state index contributed by atoms with van der Waals surface area (Å²) in [6.07, 6.45) is 0. The number of hydrogen-bond acceptors (Lipinski definition) is 4. The van der Waals surface area contributed by atoms with Crippen molar-refractivity contribution in [3.05, 3.63) is 21.9 Å². The quantitative estimate of drug-likeness (QED) is 0.866. The first kappa shape index (κ1) is 9.54. The molecule has 0 aliphatic rings. The number of carbonyl (C=O) groups is 1. The number of nitrogens with zero attached hydrogens (tertiary/aromatic N) is 2. The maximum atomic E-state index is 10.8. The third kappa shape index (κ3) is 1.40. The summed E-state index contributed by atoms with van der Waals surface area (Å²) in [5.74, 6) is -1.04. The number of rotatable bonds is 1. The van der Waals surface area contributed by atoms with Crippen LogP contribution in [-0.2, 0) is 0 Å². The molecule has 6 heteroatoms. The highest BCUT2D eigenvalue weighted by Crippen LogP contribution is 2.29. The molecule has 0 unspecified atom stereocenters. The molecule has 0 fully saturated rings. The Kier molecular flexibility index (Phi) is 2.24. The zero-order valence-electron chi connectivity index (χ0n) is 7.11. The molecule has 0 aliphatic heterocycles. The summed E-state index contributed by atoms with van der Waals surface area (Å²) in [6, 6.07) is 1.84. The lowest BCUT2D eigenvalue weighted by atomic mass is 10.3. The first-order valence-electron chi connectivity index (χ1n) is 3.75. The van der Waals surface area contributed by atoms with Gasteiger partial charge in [-0.05, 0) is 40.5 Å². The Morgan fingerprint density at radius 2 is 2.36 bits per heavy atom. The van der Waals surface area contributed by atoms with Crippen LogP contribution < -0.4 is 0 Å². The number of aromatic nitrogens is 2. The van der Waals surface area contributed by atoms with Crippen LogP contribution in [0.3, 0.4) is 0 Å². The molecule has 2 aromatic rings. The summed E-state index contributed by atoms with van der Waals surface area (Å²) in [5, 5.41) is 8.84. The van der Waals surface area contributed by atoms with Crippen molar-refractivity contribution in [2.24, 2.45) is 0 Å². The van der Waals surface area contributed by atoms with Crippen molar-refractivity contribution >= 4 is 43.6 Å². The average Bonchev–Trinajstić information content (AvgIpc) is 2.47. The van der Waals surface area contributed by atoms with E-state index in [1.54, 1.807) is 0 Å². The van der Waals surface area contributed by atoms with Crippen LogP contribution >= 0.6 is 27.5 Å². The van der Waals surface area contributed by atoms with Gasteiger partial charge in [0.15, 0.2) is 5.69 Å². The lowest BCUT2D eigenvalue weighted by Crippen LogP contribution is -1.97.